The topological polar surface area (TPSA) is 125 Å². The van der Waals surface area contributed by atoms with Crippen LogP contribution in [0.5, 0.6) is 0 Å². The molecule has 3 rings (SSSR count). The molecule has 118 valence electrons. The molecule has 1 unspecified atom stereocenters. The van der Waals surface area contributed by atoms with Gasteiger partial charge in [0, 0.05) is 5.10 Å². The first-order valence-corrected chi connectivity index (χ1v) is 6.71. The highest BCUT2D eigenvalue weighted by Crippen LogP contribution is 2.25. The summed E-state index contributed by atoms with van der Waals surface area (Å²) < 4.78 is 2.72. The van der Waals surface area contributed by atoms with E-state index >= 15 is 0 Å². The lowest BCUT2D eigenvalue weighted by molar-refractivity contribution is -0.394. The van der Waals surface area contributed by atoms with Gasteiger partial charge in [0.05, 0.1) is 13.1 Å². The van der Waals surface area contributed by atoms with E-state index in [2.05, 4.69) is 20.2 Å². The molecule has 0 amide bonds. The Balaban J connectivity index is 1.92. The van der Waals surface area contributed by atoms with Crippen molar-refractivity contribution in [2.45, 2.75) is 18.7 Å². The molecule has 0 aliphatic heterocycles. The highest BCUT2D eigenvalue weighted by atomic mass is 16.6. The van der Waals surface area contributed by atoms with Gasteiger partial charge in [0.2, 0.25) is 6.33 Å². The fourth-order valence-corrected chi connectivity index (χ4v) is 2.28. The summed E-state index contributed by atoms with van der Waals surface area (Å²) in [5, 5.41) is 29.5. The van der Waals surface area contributed by atoms with Crippen molar-refractivity contribution in [1.82, 2.24) is 29.5 Å². The largest absolute Gasteiger partial charge is 0.490 e. The average molecular weight is 315 g/mol. The molecule has 3 aromatic rings. The molecule has 0 bridgehead atoms. The quantitative estimate of drug-likeness (QED) is 0.514. The first kappa shape index (κ1) is 14.8. The first-order chi connectivity index (χ1) is 11.1. The molecule has 1 atom stereocenters. The molecule has 0 radical (unpaired) electrons. The predicted molar refractivity (Wildman–Crippen MR) is 77.0 cm³/mol. The predicted octanol–water partition coefficient (Wildman–Crippen LogP) is 0.366. The SMILES string of the molecule is O=[N+]([O-])c1ncn(CC(O)(Cn2cncn2)c2ccccc2)n1. The van der Waals surface area contributed by atoms with Gasteiger partial charge in [0.1, 0.15) is 18.3 Å². The molecule has 0 saturated heterocycles. The van der Waals surface area contributed by atoms with Gasteiger partial charge in [-0.2, -0.15) is 9.78 Å². The van der Waals surface area contributed by atoms with Crippen LogP contribution in [0.4, 0.5) is 5.95 Å². The Morgan fingerprint density at radius 1 is 1.17 bits per heavy atom. The summed E-state index contributed by atoms with van der Waals surface area (Å²) in [4.78, 5) is 17.5. The van der Waals surface area contributed by atoms with E-state index in [1.807, 2.05) is 6.07 Å². The van der Waals surface area contributed by atoms with E-state index < -0.39 is 16.5 Å². The van der Waals surface area contributed by atoms with Gasteiger partial charge in [-0.3, -0.25) is 0 Å². The molecule has 10 heteroatoms. The van der Waals surface area contributed by atoms with Crippen LogP contribution in [0.15, 0.2) is 49.3 Å². The van der Waals surface area contributed by atoms with Crippen LogP contribution in [-0.4, -0.2) is 39.6 Å². The summed E-state index contributed by atoms with van der Waals surface area (Å²) in [5.74, 6) is -0.513. The number of hydrogen-bond donors (Lipinski definition) is 1. The number of rotatable bonds is 6. The lowest BCUT2D eigenvalue weighted by Crippen LogP contribution is -2.36. The van der Waals surface area contributed by atoms with E-state index in [0.29, 0.717) is 5.56 Å². The van der Waals surface area contributed by atoms with Crippen molar-refractivity contribution in [3.8, 4) is 0 Å². The zero-order valence-corrected chi connectivity index (χ0v) is 11.9. The van der Waals surface area contributed by atoms with Gasteiger partial charge in [0.25, 0.3) is 0 Å². The zero-order chi connectivity index (χ0) is 16.3. The zero-order valence-electron chi connectivity index (χ0n) is 11.9. The fourth-order valence-electron chi connectivity index (χ4n) is 2.28. The minimum Gasteiger partial charge on any atom is -0.390 e. The molecule has 0 fully saturated rings. The summed E-state index contributed by atoms with van der Waals surface area (Å²) in [7, 11) is 0. The second-order valence-electron chi connectivity index (χ2n) is 4.99. The third-order valence-electron chi connectivity index (χ3n) is 3.31. The van der Waals surface area contributed by atoms with Crippen LogP contribution < -0.4 is 0 Å². The third kappa shape index (κ3) is 3.21. The van der Waals surface area contributed by atoms with Crippen molar-refractivity contribution >= 4 is 5.95 Å². The lowest BCUT2D eigenvalue weighted by atomic mass is 9.93. The maximum atomic E-state index is 11.1. The highest BCUT2D eigenvalue weighted by Gasteiger charge is 2.33. The Bertz CT molecular complexity index is 787. The molecule has 10 nitrogen and oxygen atoms in total. The van der Waals surface area contributed by atoms with Crippen molar-refractivity contribution in [3.63, 3.8) is 0 Å². The van der Waals surface area contributed by atoms with Crippen molar-refractivity contribution in [3.05, 3.63) is 65.0 Å². The Morgan fingerprint density at radius 2 is 1.91 bits per heavy atom. The minimum atomic E-state index is -1.38. The number of nitrogens with zero attached hydrogens (tertiary/aromatic N) is 7. The van der Waals surface area contributed by atoms with Crippen LogP contribution in [0.1, 0.15) is 5.56 Å². The van der Waals surface area contributed by atoms with Crippen molar-refractivity contribution in [2.24, 2.45) is 0 Å². The summed E-state index contributed by atoms with van der Waals surface area (Å²) in [6.45, 7) is 0.0996. The number of aromatic nitrogens is 6. The molecule has 23 heavy (non-hydrogen) atoms. The van der Waals surface area contributed by atoms with Crippen LogP contribution >= 0.6 is 0 Å². The van der Waals surface area contributed by atoms with Crippen LogP contribution in [0.2, 0.25) is 0 Å². The maximum absolute atomic E-state index is 11.1. The van der Waals surface area contributed by atoms with Crippen molar-refractivity contribution in [2.75, 3.05) is 0 Å². The molecular weight excluding hydrogens is 302 g/mol. The number of hydrogen-bond acceptors (Lipinski definition) is 7. The van der Waals surface area contributed by atoms with Gasteiger partial charge in [-0.15, -0.1) is 0 Å². The maximum Gasteiger partial charge on any atom is 0.490 e. The summed E-state index contributed by atoms with van der Waals surface area (Å²) in [6.07, 6.45) is 4.07. The van der Waals surface area contributed by atoms with Crippen LogP contribution in [0, 0.1) is 10.1 Å². The van der Waals surface area contributed by atoms with Gasteiger partial charge in [-0.1, -0.05) is 35.3 Å². The summed E-state index contributed by atoms with van der Waals surface area (Å²) in [5.41, 5.74) is -0.745. The molecule has 1 N–H and O–H groups in total. The number of benzene rings is 1. The molecule has 2 heterocycles. The summed E-state index contributed by atoms with van der Waals surface area (Å²) >= 11 is 0. The smallest absolute Gasteiger partial charge is 0.390 e. The van der Waals surface area contributed by atoms with Gasteiger partial charge in [-0.25, -0.2) is 9.67 Å². The number of aliphatic hydroxyl groups is 1. The average Bonchev–Trinajstić information content (AvgIpc) is 3.20. The van der Waals surface area contributed by atoms with Crippen LogP contribution in [0.3, 0.4) is 0 Å². The molecule has 1 aromatic carbocycles. The second-order valence-corrected chi connectivity index (χ2v) is 4.99. The normalized spacial score (nSPS) is 13.6. The number of nitro groups is 1. The molecular formula is C13H13N7O3. The Hall–Kier alpha value is -3.14. The highest BCUT2D eigenvalue weighted by molar-refractivity contribution is 5.22. The Labute approximate surface area is 130 Å². The van der Waals surface area contributed by atoms with E-state index in [-0.39, 0.29) is 13.1 Å². The van der Waals surface area contributed by atoms with E-state index in [1.54, 1.807) is 24.3 Å². The first-order valence-electron chi connectivity index (χ1n) is 6.71. The van der Waals surface area contributed by atoms with E-state index in [1.165, 1.54) is 28.3 Å². The molecule has 0 aliphatic rings. The summed E-state index contributed by atoms with van der Waals surface area (Å²) in [6, 6.07) is 8.96. The molecule has 0 spiro atoms. The molecule has 0 saturated carbocycles. The van der Waals surface area contributed by atoms with Crippen LogP contribution in [0.25, 0.3) is 0 Å². The van der Waals surface area contributed by atoms with Gasteiger partial charge < -0.3 is 15.2 Å². The van der Waals surface area contributed by atoms with Crippen molar-refractivity contribution in [1.29, 1.82) is 0 Å². The van der Waals surface area contributed by atoms with Gasteiger partial charge >= 0.3 is 5.95 Å². The minimum absolute atomic E-state index is 0.0162. The van der Waals surface area contributed by atoms with Crippen LogP contribution in [-0.2, 0) is 18.7 Å². The van der Waals surface area contributed by atoms with E-state index in [4.69, 9.17) is 0 Å². The van der Waals surface area contributed by atoms with Crippen molar-refractivity contribution < 1.29 is 10.0 Å². The Morgan fingerprint density at radius 3 is 2.52 bits per heavy atom. The third-order valence-corrected chi connectivity index (χ3v) is 3.31. The molecule has 2 aromatic heterocycles. The van der Waals surface area contributed by atoms with Gasteiger partial charge in [0.15, 0.2) is 0 Å². The van der Waals surface area contributed by atoms with E-state index in [9.17, 15) is 15.2 Å². The standard InChI is InChI=1S/C13H13N7O3/c21-13(6-18-9-14-8-16-18,11-4-2-1-3-5-11)7-19-10-15-12(17-19)20(22)23/h1-5,8-10,21H,6-7H2. The second kappa shape index (κ2) is 5.93. The van der Waals surface area contributed by atoms with E-state index in [0.717, 1.165) is 0 Å². The monoisotopic (exact) mass is 315 g/mol. The Kier molecular flexibility index (Phi) is 3.81. The lowest BCUT2D eigenvalue weighted by Gasteiger charge is -2.27. The fraction of sp³-hybridized carbons (Fsp3) is 0.231. The van der Waals surface area contributed by atoms with Gasteiger partial charge in [-0.05, 0) is 10.5 Å². The molecule has 0 aliphatic carbocycles.